The Balaban J connectivity index is 2.52. The van der Waals surface area contributed by atoms with E-state index in [1.807, 2.05) is 45.2 Å². The first-order valence-electron chi connectivity index (χ1n) is 7.64. The van der Waals surface area contributed by atoms with Crippen LogP contribution in [-0.4, -0.2) is 56.1 Å². The van der Waals surface area contributed by atoms with Crippen molar-refractivity contribution in [3.8, 4) is 0 Å². The number of hydrogen-bond donors (Lipinski definition) is 2. The highest BCUT2D eigenvalue weighted by Gasteiger charge is 2.35. The van der Waals surface area contributed by atoms with Gasteiger partial charge < -0.3 is 15.5 Å². The highest BCUT2D eigenvalue weighted by molar-refractivity contribution is 14.1. The molecule has 1 saturated heterocycles. The zero-order valence-corrected chi connectivity index (χ0v) is 17.7. The maximum atomic E-state index is 12.2. The van der Waals surface area contributed by atoms with E-state index < -0.39 is 23.8 Å². The van der Waals surface area contributed by atoms with Gasteiger partial charge in [-0.1, -0.05) is 45.2 Å². The third-order valence-corrected chi connectivity index (χ3v) is 4.68. The Kier molecular flexibility index (Phi) is 10.2. The zero-order valence-electron chi connectivity index (χ0n) is 13.4. The molecule has 1 heterocycles. The molecular formula is C14H19I2N3O6. The number of carbonyl (C=O) groups is 5. The molecule has 9 nitrogen and oxygen atoms in total. The van der Waals surface area contributed by atoms with Crippen LogP contribution in [0.4, 0.5) is 0 Å². The van der Waals surface area contributed by atoms with Crippen molar-refractivity contribution in [2.75, 3.05) is 15.4 Å². The smallest absolute Gasteiger partial charge is 0.355 e. The highest BCUT2D eigenvalue weighted by Crippen LogP contribution is 2.14. The number of hydrogen-bond acceptors (Lipinski definition) is 6. The minimum absolute atomic E-state index is 0.00734. The number of alkyl halides is 2. The fraction of sp³-hybridized carbons (Fsp3) is 0.643. The Morgan fingerprint density at radius 2 is 1.64 bits per heavy atom. The van der Waals surface area contributed by atoms with Gasteiger partial charge in [-0.2, -0.15) is 0 Å². The van der Waals surface area contributed by atoms with Gasteiger partial charge in [-0.25, -0.2) is 4.79 Å². The Labute approximate surface area is 172 Å². The Morgan fingerprint density at radius 1 is 1.04 bits per heavy atom. The number of nitrogens with one attached hydrogen (secondary N) is 2. The van der Waals surface area contributed by atoms with Gasteiger partial charge in [0.1, 0.15) is 6.04 Å². The summed E-state index contributed by atoms with van der Waals surface area (Å²) < 4.78 is 0.533. The molecule has 2 N–H and O–H groups in total. The first kappa shape index (κ1) is 22.1. The molecule has 0 aromatic heterocycles. The predicted octanol–water partition coefficient (Wildman–Crippen LogP) is 0.235. The highest BCUT2D eigenvalue weighted by atomic mass is 127. The zero-order chi connectivity index (χ0) is 18.8. The van der Waals surface area contributed by atoms with Gasteiger partial charge >= 0.3 is 5.97 Å². The Hall–Kier alpha value is -0.990. The summed E-state index contributed by atoms with van der Waals surface area (Å²) in [5.74, 6) is -2.41. The second-order valence-corrected chi connectivity index (χ2v) is 6.75. The largest absolute Gasteiger partial charge is 0.355 e. The van der Waals surface area contributed by atoms with E-state index in [9.17, 15) is 24.0 Å². The minimum Gasteiger partial charge on any atom is -0.355 e. The molecule has 140 valence electrons. The van der Waals surface area contributed by atoms with Gasteiger partial charge in [-0.3, -0.25) is 19.2 Å². The van der Waals surface area contributed by atoms with Gasteiger partial charge in [-0.15, -0.1) is 5.06 Å². The SMILES string of the molecule is O=C(CI)NCCCC[C@H](NC(=O)CI)C(=O)ON1C(=O)CCC1=O. The van der Waals surface area contributed by atoms with Gasteiger partial charge in [0.2, 0.25) is 11.8 Å². The van der Waals surface area contributed by atoms with Crippen LogP contribution >= 0.6 is 45.2 Å². The first-order chi connectivity index (χ1) is 11.9. The molecule has 0 spiro atoms. The third kappa shape index (κ3) is 7.83. The fourth-order valence-corrected chi connectivity index (χ4v) is 2.53. The lowest BCUT2D eigenvalue weighted by Gasteiger charge is -2.20. The number of imide groups is 1. The molecule has 0 aliphatic carbocycles. The summed E-state index contributed by atoms with van der Waals surface area (Å²) in [5.41, 5.74) is 0. The van der Waals surface area contributed by atoms with E-state index in [1.54, 1.807) is 0 Å². The third-order valence-electron chi connectivity index (χ3n) is 3.29. The molecule has 1 atom stereocenters. The van der Waals surface area contributed by atoms with Gasteiger partial charge in [0.15, 0.2) is 0 Å². The molecule has 0 bridgehead atoms. The van der Waals surface area contributed by atoms with Crippen LogP contribution in [-0.2, 0) is 28.8 Å². The van der Waals surface area contributed by atoms with Crippen LogP contribution in [0.1, 0.15) is 32.1 Å². The maximum absolute atomic E-state index is 12.2. The lowest BCUT2D eigenvalue weighted by Crippen LogP contribution is -2.45. The molecule has 1 aliphatic rings. The van der Waals surface area contributed by atoms with Crippen LogP contribution in [0.2, 0.25) is 0 Å². The van der Waals surface area contributed by atoms with Crippen molar-refractivity contribution in [3.05, 3.63) is 0 Å². The summed E-state index contributed by atoms with van der Waals surface area (Å²) in [6.45, 7) is 0.465. The van der Waals surface area contributed by atoms with Crippen LogP contribution in [0.25, 0.3) is 0 Å². The molecule has 0 unspecified atom stereocenters. The number of amides is 4. The van der Waals surface area contributed by atoms with Crippen LogP contribution in [0.3, 0.4) is 0 Å². The van der Waals surface area contributed by atoms with Gasteiger partial charge in [0.25, 0.3) is 11.8 Å². The average Bonchev–Trinajstić information content (AvgIpc) is 2.91. The summed E-state index contributed by atoms with van der Waals surface area (Å²) in [6.07, 6.45) is 1.46. The topological polar surface area (TPSA) is 122 Å². The molecule has 0 saturated carbocycles. The molecule has 1 aliphatic heterocycles. The van der Waals surface area contributed by atoms with Crippen molar-refractivity contribution in [2.24, 2.45) is 0 Å². The minimum atomic E-state index is -0.955. The number of rotatable bonds is 10. The van der Waals surface area contributed by atoms with Gasteiger partial charge in [-0.05, 0) is 19.3 Å². The summed E-state index contributed by atoms with van der Waals surface area (Å²) in [4.78, 5) is 62.8. The van der Waals surface area contributed by atoms with E-state index in [1.165, 1.54) is 0 Å². The number of nitrogens with zero attached hydrogens (tertiary/aromatic N) is 1. The van der Waals surface area contributed by atoms with E-state index in [2.05, 4.69) is 10.6 Å². The maximum Gasteiger partial charge on any atom is 0.355 e. The molecule has 25 heavy (non-hydrogen) atoms. The average molecular weight is 579 g/mol. The molecular weight excluding hydrogens is 560 g/mol. The summed E-state index contributed by atoms with van der Waals surface area (Å²) in [5, 5.41) is 5.70. The Morgan fingerprint density at radius 3 is 2.20 bits per heavy atom. The number of hydroxylamine groups is 2. The molecule has 0 aromatic carbocycles. The molecule has 11 heteroatoms. The first-order valence-corrected chi connectivity index (χ1v) is 10.7. The van der Waals surface area contributed by atoms with Crippen LogP contribution < -0.4 is 10.6 Å². The van der Waals surface area contributed by atoms with E-state index in [0.717, 1.165) is 0 Å². The second kappa shape index (κ2) is 11.6. The number of halogens is 2. The quantitative estimate of drug-likeness (QED) is 0.166. The van der Waals surface area contributed by atoms with Crippen LogP contribution in [0.5, 0.6) is 0 Å². The van der Waals surface area contributed by atoms with Crippen LogP contribution in [0, 0.1) is 0 Å². The lowest BCUT2D eigenvalue weighted by molar-refractivity contribution is -0.199. The summed E-state index contributed by atoms with van der Waals surface area (Å²) >= 11 is 3.81. The van der Waals surface area contributed by atoms with Crippen molar-refractivity contribution in [1.82, 2.24) is 15.7 Å². The van der Waals surface area contributed by atoms with E-state index in [0.29, 0.717) is 28.9 Å². The summed E-state index contributed by atoms with van der Waals surface area (Å²) in [6, 6.07) is -0.955. The predicted molar refractivity (Wildman–Crippen MR) is 104 cm³/mol. The molecule has 1 fully saturated rings. The normalized spacial score (nSPS) is 15.0. The standard InChI is InChI=1S/C14H19I2N3O6/c15-7-10(20)17-6-2-1-3-9(18-11(21)8-16)14(24)25-19-12(22)4-5-13(19)23/h9H,1-8H2,(H,17,20)(H,18,21)/t9-/m0/s1. The Bertz CT molecular complexity index is 527. The van der Waals surface area contributed by atoms with Crippen LogP contribution in [0.15, 0.2) is 0 Å². The van der Waals surface area contributed by atoms with Crippen molar-refractivity contribution < 1.29 is 28.8 Å². The fourth-order valence-electron chi connectivity index (χ4n) is 2.04. The van der Waals surface area contributed by atoms with Crippen molar-refractivity contribution in [3.63, 3.8) is 0 Å². The van der Waals surface area contributed by atoms with Gasteiger partial charge in [0, 0.05) is 19.4 Å². The van der Waals surface area contributed by atoms with E-state index in [-0.39, 0.29) is 35.5 Å². The van der Waals surface area contributed by atoms with Crippen molar-refractivity contribution >= 4 is 74.8 Å². The second-order valence-electron chi connectivity index (χ2n) is 5.23. The monoisotopic (exact) mass is 579 g/mol. The van der Waals surface area contributed by atoms with Crippen molar-refractivity contribution in [1.29, 1.82) is 0 Å². The molecule has 4 amide bonds. The molecule has 0 aromatic rings. The van der Waals surface area contributed by atoms with E-state index in [4.69, 9.17) is 4.84 Å². The lowest BCUT2D eigenvalue weighted by atomic mass is 10.1. The van der Waals surface area contributed by atoms with E-state index >= 15 is 0 Å². The van der Waals surface area contributed by atoms with Crippen molar-refractivity contribution in [2.45, 2.75) is 38.1 Å². The number of carbonyl (C=O) groups excluding carboxylic acids is 5. The number of unbranched alkanes of at least 4 members (excludes halogenated alkanes) is 1. The molecule has 1 rings (SSSR count). The molecule has 0 radical (unpaired) electrons. The summed E-state index contributed by atoms with van der Waals surface area (Å²) in [7, 11) is 0. The van der Waals surface area contributed by atoms with Gasteiger partial charge in [0.05, 0.1) is 8.86 Å².